The average Bonchev–Trinajstić information content (AvgIpc) is 3.69. The first-order chi connectivity index (χ1) is 32.8. The van der Waals surface area contributed by atoms with Crippen LogP contribution in [0.5, 0.6) is 0 Å². The number of hydrogen-bond acceptors (Lipinski definition) is 13. The Bertz CT molecular complexity index is 2820. The number of cyclic esters (lactones) is 1. The molecule has 2 aliphatic heterocycles. The third-order valence-corrected chi connectivity index (χ3v) is 12.7. The number of fused-ring (bicyclic) bond motifs is 5. The summed E-state index contributed by atoms with van der Waals surface area (Å²) in [5.41, 5.74) is 2.73. The average molecular weight is 955 g/mol. The maximum atomic E-state index is 15.4. The highest BCUT2D eigenvalue weighted by Crippen LogP contribution is 2.46. The predicted octanol–water partition coefficient (Wildman–Crippen LogP) is 1.45. The standard InChI is InChI=1S/C48H55FN8O12/c1-7-48(66)32-17-36-42-30(19-57(36)46(64)31(32)20-69-47(48)65)41-34(13-12-29-23(2)33(49)18-35(56-42)40(29)41)55-38(59)16-27-8-10-28(11-9-27)54-39(60)21-68-22-50-43(61)24(3)52-45(63)26(5)53-44(62)25(4)51-37(58)14-15-67-6/h8-11,17-18,24-26,34,66H,7,12-16,19-22H2,1-6H3,(H,50,61)(H,51,58)(H,52,63)(H,53,62)(H,54,60)(H,55,59)/t24-,25-,26+,34-,48-/m0/s1. The summed E-state index contributed by atoms with van der Waals surface area (Å²) in [4.78, 5) is 107. The molecule has 3 aliphatic rings. The Balaban J connectivity index is 0.916. The van der Waals surface area contributed by atoms with E-state index in [2.05, 4.69) is 31.9 Å². The quantitative estimate of drug-likeness (QED) is 0.0373. The van der Waals surface area contributed by atoms with Gasteiger partial charge in [-0.05, 0) is 87.4 Å². The number of esters is 1. The third-order valence-electron chi connectivity index (χ3n) is 12.7. The van der Waals surface area contributed by atoms with Crippen LogP contribution in [0, 0.1) is 12.7 Å². The lowest BCUT2D eigenvalue weighted by Gasteiger charge is -2.31. The molecule has 2 aromatic heterocycles. The Labute approximate surface area is 395 Å². The molecule has 6 amide bonds. The first-order valence-corrected chi connectivity index (χ1v) is 22.6. The molecule has 0 radical (unpaired) electrons. The van der Waals surface area contributed by atoms with Crippen LogP contribution in [0.2, 0.25) is 0 Å². The Morgan fingerprint density at radius 3 is 2.29 bits per heavy atom. The molecule has 7 rings (SSSR count). The molecule has 0 bridgehead atoms. The zero-order valence-corrected chi connectivity index (χ0v) is 39.1. The molecule has 2 aromatic carbocycles. The van der Waals surface area contributed by atoms with Crippen LogP contribution in [0.25, 0.3) is 22.3 Å². The fourth-order valence-electron chi connectivity index (χ4n) is 8.83. The van der Waals surface area contributed by atoms with Gasteiger partial charge in [-0.3, -0.25) is 33.6 Å². The zero-order chi connectivity index (χ0) is 49.9. The van der Waals surface area contributed by atoms with Crippen LogP contribution in [0.1, 0.15) is 91.9 Å². The number of carbonyl (C=O) groups is 7. The number of carbonyl (C=O) groups excluding carboxylic acids is 7. The van der Waals surface area contributed by atoms with Gasteiger partial charge >= 0.3 is 5.97 Å². The van der Waals surface area contributed by atoms with Crippen LogP contribution in [-0.2, 0) is 79.4 Å². The summed E-state index contributed by atoms with van der Waals surface area (Å²) in [5.74, 6) is -4.35. The molecule has 21 heteroatoms. The zero-order valence-electron chi connectivity index (χ0n) is 39.1. The second-order valence-corrected chi connectivity index (χ2v) is 17.4. The normalized spacial score (nSPS) is 17.8. The third kappa shape index (κ3) is 10.3. The molecular weight excluding hydrogens is 900 g/mol. The molecule has 0 saturated heterocycles. The number of nitrogens with one attached hydrogen (secondary N) is 6. The van der Waals surface area contributed by atoms with Crippen molar-refractivity contribution in [1.82, 2.24) is 36.1 Å². The fourth-order valence-corrected chi connectivity index (χ4v) is 8.83. The molecular formula is C48H55FN8O12. The van der Waals surface area contributed by atoms with Gasteiger partial charge in [0.05, 0.1) is 48.1 Å². The summed E-state index contributed by atoms with van der Waals surface area (Å²) in [6.07, 6.45) is 0.936. The predicted molar refractivity (Wildman–Crippen MR) is 245 cm³/mol. The second-order valence-electron chi connectivity index (χ2n) is 17.4. The van der Waals surface area contributed by atoms with Gasteiger partial charge < -0.3 is 55.8 Å². The first kappa shape index (κ1) is 49.8. The molecule has 0 unspecified atom stereocenters. The van der Waals surface area contributed by atoms with E-state index in [9.17, 15) is 43.5 Å². The van der Waals surface area contributed by atoms with Gasteiger partial charge in [-0.15, -0.1) is 0 Å². The molecule has 0 fully saturated rings. The van der Waals surface area contributed by atoms with E-state index in [-0.39, 0.29) is 62.8 Å². The number of hydrogen-bond donors (Lipinski definition) is 7. The summed E-state index contributed by atoms with van der Waals surface area (Å²) < 4.78 is 32.2. The molecule has 4 heterocycles. The Morgan fingerprint density at radius 1 is 0.928 bits per heavy atom. The van der Waals surface area contributed by atoms with Crippen molar-refractivity contribution in [2.75, 3.05) is 32.4 Å². The van der Waals surface area contributed by atoms with E-state index in [1.165, 1.54) is 38.5 Å². The highest BCUT2D eigenvalue weighted by molar-refractivity contribution is 5.96. The van der Waals surface area contributed by atoms with Crippen molar-refractivity contribution in [1.29, 1.82) is 0 Å². The van der Waals surface area contributed by atoms with Crippen LogP contribution >= 0.6 is 0 Å². The molecule has 5 atom stereocenters. The number of pyridine rings is 2. The monoisotopic (exact) mass is 954 g/mol. The van der Waals surface area contributed by atoms with Gasteiger partial charge in [0.15, 0.2) is 5.60 Å². The van der Waals surface area contributed by atoms with E-state index in [1.807, 2.05) is 0 Å². The van der Waals surface area contributed by atoms with Crippen molar-refractivity contribution in [2.24, 2.45) is 0 Å². The van der Waals surface area contributed by atoms with Gasteiger partial charge in [0.2, 0.25) is 35.4 Å². The highest BCUT2D eigenvalue weighted by atomic mass is 19.1. The molecule has 0 spiro atoms. The van der Waals surface area contributed by atoms with Gasteiger partial charge in [-0.2, -0.15) is 0 Å². The van der Waals surface area contributed by atoms with Crippen molar-refractivity contribution in [3.05, 3.63) is 91.5 Å². The molecule has 366 valence electrons. The molecule has 20 nitrogen and oxygen atoms in total. The summed E-state index contributed by atoms with van der Waals surface area (Å²) in [5, 5.41) is 27.8. The van der Waals surface area contributed by atoms with E-state index in [0.717, 1.165) is 11.1 Å². The van der Waals surface area contributed by atoms with Crippen LogP contribution in [0.4, 0.5) is 10.1 Å². The summed E-state index contributed by atoms with van der Waals surface area (Å²) in [6, 6.07) is 6.08. The number of ether oxygens (including phenoxy) is 3. The minimum atomic E-state index is -2.02. The number of benzene rings is 2. The highest BCUT2D eigenvalue weighted by Gasteiger charge is 2.46. The maximum absolute atomic E-state index is 15.4. The van der Waals surface area contributed by atoms with Crippen molar-refractivity contribution in [2.45, 2.75) is 110 Å². The SMILES string of the molecule is CC[C@@]1(O)C(=O)OCc2c1cc1n(c2=O)Cc2c-1nc1cc(F)c(C)c3c1c2[C@@H](NC(=O)Cc1ccc(NC(=O)COCNC(=O)[C@H](C)NC(=O)[C@@H](C)NC(=O)[C@H](C)NC(=O)CCOC)cc1)CC3. The largest absolute Gasteiger partial charge is 0.458 e. The van der Waals surface area contributed by atoms with E-state index in [0.29, 0.717) is 57.5 Å². The molecule has 4 aromatic rings. The lowest BCUT2D eigenvalue weighted by molar-refractivity contribution is -0.172. The fraction of sp³-hybridized carbons (Fsp3) is 0.438. The smallest absolute Gasteiger partial charge is 0.343 e. The van der Waals surface area contributed by atoms with Crippen LogP contribution in [0.15, 0.2) is 41.2 Å². The second kappa shape index (κ2) is 20.6. The number of halogens is 1. The van der Waals surface area contributed by atoms with E-state index < -0.39 is 83.3 Å². The van der Waals surface area contributed by atoms with Crippen LogP contribution in [-0.4, -0.2) is 101 Å². The molecule has 1 aliphatic carbocycles. The molecule has 69 heavy (non-hydrogen) atoms. The van der Waals surface area contributed by atoms with Crippen molar-refractivity contribution < 1.29 is 57.3 Å². The number of anilines is 1. The number of amides is 6. The van der Waals surface area contributed by atoms with E-state index in [4.69, 9.17) is 19.2 Å². The lowest BCUT2D eigenvalue weighted by atomic mass is 9.81. The summed E-state index contributed by atoms with van der Waals surface area (Å²) in [7, 11) is 1.45. The molecule has 7 N–H and O–H groups in total. The van der Waals surface area contributed by atoms with E-state index in [1.54, 1.807) is 44.2 Å². The van der Waals surface area contributed by atoms with Crippen LogP contribution < -0.4 is 37.5 Å². The number of nitrogens with zero attached hydrogens (tertiary/aromatic N) is 2. The number of rotatable bonds is 18. The topological polar surface area (TPSA) is 274 Å². The van der Waals surface area contributed by atoms with Gasteiger partial charge in [0, 0.05) is 41.8 Å². The number of aromatic nitrogens is 2. The Morgan fingerprint density at radius 2 is 1.61 bits per heavy atom. The number of aryl methyl sites for hydroxylation is 1. The van der Waals surface area contributed by atoms with Crippen molar-refractivity contribution >= 4 is 58.0 Å². The Kier molecular flexibility index (Phi) is 14.9. The van der Waals surface area contributed by atoms with Gasteiger partial charge in [-0.25, -0.2) is 14.2 Å². The summed E-state index contributed by atoms with van der Waals surface area (Å²) >= 11 is 0. The van der Waals surface area contributed by atoms with Crippen LogP contribution in [0.3, 0.4) is 0 Å². The molecule has 0 saturated carbocycles. The lowest BCUT2D eigenvalue weighted by Crippen LogP contribution is -2.54. The van der Waals surface area contributed by atoms with Crippen molar-refractivity contribution in [3.8, 4) is 11.4 Å². The van der Waals surface area contributed by atoms with Gasteiger partial charge in [0.25, 0.3) is 5.56 Å². The van der Waals surface area contributed by atoms with Crippen molar-refractivity contribution in [3.63, 3.8) is 0 Å². The minimum absolute atomic E-state index is 0.0176. The minimum Gasteiger partial charge on any atom is -0.458 e. The van der Waals surface area contributed by atoms with Gasteiger partial charge in [-0.1, -0.05) is 19.1 Å². The Hall–Kier alpha value is -7.10. The van der Waals surface area contributed by atoms with Gasteiger partial charge in [0.1, 0.15) is 43.9 Å². The number of methoxy groups -OCH3 is 1. The first-order valence-electron chi connectivity index (χ1n) is 22.6. The van der Waals surface area contributed by atoms with E-state index >= 15 is 4.39 Å². The number of aliphatic hydroxyl groups is 1. The summed E-state index contributed by atoms with van der Waals surface area (Å²) in [6.45, 7) is 6.87. The maximum Gasteiger partial charge on any atom is 0.343 e.